The number of nitrogens with one attached hydrogen (secondary N) is 2. The molecule has 39 heavy (non-hydrogen) atoms. The zero-order chi connectivity index (χ0) is 27.2. The van der Waals surface area contributed by atoms with Crippen molar-refractivity contribution < 1.29 is 19.1 Å². The molecule has 0 saturated carbocycles. The van der Waals surface area contributed by atoms with E-state index in [1.807, 2.05) is 61.5 Å². The zero-order valence-electron chi connectivity index (χ0n) is 21.4. The number of benzene rings is 3. The number of anilines is 1. The van der Waals surface area contributed by atoms with E-state index >= 15 is 0 Å². The second kappa shape index (κ2) is 11.6. The summed E-state index contributed by atoms with van der Waals surface area (Å²) in [5, 5.41) is 5.81. The number of hydrogen-bond donors (Lipinski definition) is 2. The first-order valence-electron chi connectivity index (χ1n) is 12.6. The molecule has 8 heteroatoms. The first-order chi connectivity index (χ1) is 19.0. The van der Waals surface area contributed by atoms with Gasteiger partial charge in [-0.05, 0) is 54.4 Å². The largest absolute Gasteiger partial charge is 0.438 e. The molecule has 1 aliphatic heterocycles. The molecule has 2 unspecified atom stereocenters. The lowest BCUT2D eigenvalue weighted by molar-refractivity contribution is -0.126. The highest BCUT2D eigenvalue weighted by molar-refractivity contribution is 6.04. The highest BCUT2D eigenvalue weighted by Gasteiger charge is 2.47. The number of aromatic nitrogens is 1. The van der Waals surface area contributed by atoms with Crippen molar-refractivity contribution in [1.82, 2.24) is 15.2 Å². The molecule has 1 saturated heterocycles. The third kappa shape index (κ3) is 6.13. The van der Waals surface area contributed by atoms with E-state index in [1.54, 1.807) is 48.7 Å². The van der Waals surface area contributed by atoms with Crippen LogP contribution in [0.5, 0.6) is 0 Å². The van der Waals surface area contributed by atoms with Crippen molar-refractivity contribution in [2.24, 2.45) is 0 Å². The Morgan fingerprint density at radius 1 is 0.923 bits per heavy atom. The number of cyclic esters (lactones) is 1. The molecule has 1 aliphatic rings. The standard InChI is InChI=1S/C31H28N4O4/c1-21-9-7-13-24(17-21)29(36)34-25-15-8-12-23(18-25)28-27(30(37)33-19-26-14-5-6-16-32-26)35(31(38)39-28)20-22-10-3-2-4-11-22/h2-18,27-28H,19-20H2,1H3,(H,33,37)(H,34,36). The molecule has 2 atom stereocenters. The highest BCUT2D eigenvalue weighted by Crippen LogP contribution is 2.35. The molecule has 0 aliphatic carbocycles. The van der Waals surface area contributed by atoms with Gasteiger partial charge in [0.25, 0.3) is 5.91 Å². The van der Waals surface area contributed by atoms with Gasteiger partial charge in [0.05, 0.1) is 18.8 Å². The monoisotopic (exact) mass is 520 g/mol. The average Bonchev–Trinajstić information content (AvgIpc) is 3.28. The number of rotatable bonds is 8. The highest BCUT2D eigenvalue weighted by atomic mass is 16.6. The molecule has 0 radical (unpaired) electrons. The molecule has 196 valence electrons. The van der Waals surface area contributed by atoms with Gasteiger partial charge >= 0.3 is 6.09 Å². The first kappa shape index (κ1) is 25.7. The Morgan fingerprint density at radius 2 is 1.72 bits per heavy atom. The van der Waals surface area contributed by atoms with Gasteiger partial charge in [0.2, 0.25) is 5.91 Å². The summed E-state index contributed by atoms with van der Waals surface area (Å²) in [6, 6.07) is 28.3. The molecule has 1 fully saturated rings. The molecule has 2 N–H and O–H groups in total. The number of ether oxygens (including phenoxy) is 1. The van der Waals surface area contributed by atoms with Crippen LogP contribution in [-0.2, 0) is 22.6 Å². The first-order valence-corrected chi connectivity index (χ1v) is 12.6. The summed E-state index contributed by atoms with van der Waals surface area (Å²) < 4.78 is 5.78. The molecule has 3 amide bonds. The van der Waals surface area contributed by atoms with Gasteiger partial charge in [0.15, 0.2) is 12.1 Å². The van der Waals surface area contributed by atoms with Crippen LogP contribution in [0.3, 0.4) is 0 Å². The van der Waals surface area contributed by atoms with Crippen LogP contribution in [0.1, 0.15) is 38.8 Å². The number of aryl methyl sites for hydroxylation is 1. The van der Waals surface area contributed by atoms with Gasteiger partial charge in [-0.1, -0.05) is 66.2 Å². The maximum Gasteiger partial charge on any atom is 0.411 e. The summed E-state index contributed by atoms with van der Waals surface area (Å²) in [6.07, 6.45) is 0.196. The van der Waals surface area contributed by atoms with Crippen LogP contribution in [0.15, 0.2) is 103 Å². The Hall–Kier alpha value is -4.98. The van der Waals surface area contributed by atoms with E-state index in [0.717, 1.165) is 11.1 Å². The van der Waals surface area contributed by atoms with Crippen LogP contribution in [0.2, 0.25) is 0 Å². The van der Waals surface area contributed by atoms with Crippen LogP contribution >= 0.6 is 0 Å². The smallest absolute Gasteiger partial charge is 0.411 e. The summed E-state index contributed by atoms with van der Waals surface area (Å²) in [5.74, 6) is -0.615. The fourth-order valence-electron chi connectivity index (χ4n) is 4.56. The van der Waals surface area contributed by atoms with E-state index in [2.05, 4.69) is 15.6 Å². The minimum atomic E-state index is -0.927. The molecule has 1 aromatic heterocycles. The molecule has 0 spiro atoms. The van der Waals surface area contributed by atoms with Gasteiger partial charge in [0, 0.05) is 17.4 Å². The summed E-state index contributed by atoms with van der Waals surface area (Å²) in [6.45, 7) is 2.34. The average molecular weight is 521 g/mol. The lowest BCUT2D eigenvalue weighted by Crippen LogP contribution is -2.46. The van der Waals surface area contributed by atoms with Crippen molar-refractivity contribution in [3.05, 3.63) is 131 Å². The second-order valence-electron chi connectivity index (χ2n) is 9.35. The van der Waals surface area contributed by atoms with Gasteiger partial charge in [-0.15, -0.1) is 0 Å². The molecule has 0 bridgehead atoms. The fraction of sp³-hybridized carbons (Fsp3) is 0.161. The van der Waals surface area contributed by atoms with Crippen LogP contribution in [0.4, 0.5) is 10.5 Å². The Labute approximate surface area is 226 Å². The summed E-state index contributed by atoms with van der Waals surface area (Å²) in [4.78, 5) is 45.1. The number of carbonyl (C=O) groups excluding carboxylic acids is 3. The Kier molecular flexibility index (Phi) is 7.63. The molecule has 3 aromatic carbocycles. The molecule has 8 nitrogen and oxygen atoms in total. The van der Waals surface area contributed by atoms with Crippen molar-refractivity contribution in [3.8, 4) is 0 Å². The minimum absolute atomic E-state index is 0.210. The summed E-state index contributed by atoms with van der Waals surface area (Å²) in [7, 11) is 0. The summed E-state index contributed by atoms with van der Waals surface area (Å²) in [5.41, 5.74) is 4.21. The van der Waals surface area contributed by atoms with Crippen molar-refractivity contribution >= 4 is 23.6 Å². The molecule has 4 aromatic rings. The topological polar surface area (TPSA) is 101 Å². The number of carbonyl (C=O) groups is 3. The van der Waals surface area contributed by atoms with E-state index in [4.69, 9.17) is 4.74 Å². The van der Waals surface area contributed by atoms with Gasteiger partial charge in [-0.2, -0.15) is 0 Å². The third-order valence-electron chi connectivity index (χ3n) is 6.47. The van der Waals surface area contributed by atoms with Gasteiger partial charge in [-0.25, -0.2) is 4.79 Å². The van der Waals surface area contributed by atoms with E-state index in [1.165, 1.54) is 4.90 Å². The Bertz CT molecular complexity index is 1480. The Balaban J connectivity index is 1.40. The van der Waals surface area contributed by atoms with Gasteiger partial charge < -0.3 is 15.4 Å². The van der Waals surface area contributed by atoms with Crippen LogP contribution < -0.4 is 10.6 Å². The van der Waals surface area contributed by atoms with Crippen molar-refractivity contribution in [3.63, 3.8) is 0 Å². The van der Waals surface area contributed by atoms with E-state index in [9.17, 15) is 14.4 Å². The number of amides is 3. The van der Waals surface area contributed by atoms with Crippen molar-refractivity contribution in [1.29, 1.82) is 0 Å². The Morgan fingerprint density at radius 3 is 2.49 bits per heavy atom. The van der Waals surface area contributed by atoms with Crippen molar-refractivity contribution in [2.45, 2.75) is 32.2 Å². The third-order valence-corrected chi connectivity index (χ3v) is 6.47. The molecule has 2 heterocycles. The number of hydrogen-bond acceptors (Lipinski definition) is 5. The predicted molar refractivity (Wildman–Crippen MR) is 147 cm³/mol. The van der Waals surface area contributed by atoms with Gasteiger partial charge in [0.1, 0.15) is 0 Å². The molecule has 5 rings (SSSR count). The fourth-order valence-corrected chi connectivity index (χ4v) is 4.56. The lowest BCUT2D eigenvalue weighted by Gasteiger charge is -2.24. The predicted octanol–water partition coefficient (Wildman–Crippen LogP) is 5.02. The van der Waals surface area contributed by atoms with Gasteiger partial charge in [-0.3, -0.25) is 19.5 Å². The number of pyridine rings is 1. The van der Waals surface area contributed by atoms with E-state index < -0.39 is 18.2 Å². The number of nitrogens with zero attached hydrogens (tertiary/aromatic N) is 2. The molecular formula is C31H28N4O4. The van der Waals surface area contributed by atoms with Crippen LogP contribution in [0, 0.1) is 6.92 Å². The SMILES string of the molecule is Cc1cccc(C(=O)Nc2cccc(C3OC(=O)N(Cc4ccccc4)C3C(=O)NCc3ccccn3)c2)c1. The van der Waals surface area contributed by atoms with E-state index in [0.29, 0.717) is 22.5 Å². The second-order valence-corrected chi connectivity index (χ2v) is 9.35. The maximum absolute atomic E-state index is 13.5. The van der Waals surface area contributed by atoms with Crippen molar-refractivity contribution in [2.75, 3.05) is 5.32 Å². The maximum atomic E-state index is 13.5. The normalized spacial score (nSPS) is 16.4. The minimum Gasteiger partial charge on any atom is -0.438 e. The lowest BCUT2D eigenvalue weighted by atomic mass is 10.00. The van der Waals surface area contributed by atoms with Crippen LogP contribution in [0.25, 0.3) is 0 Å². The van der Waals surface area contributed by atoms with Crippen LogP contribution in [-0.4, -0.2) is 33.8 Å². The quantitative estimate of drug-likeness (QED) is 0.340. The van der Waals surface area contributed by atoms with E-state index in [-0.39, 0.29) is 24.9 Å². The zero-order valence-corrected chi connectivity index (χ0v) is 21.4. The summed E-state index contributed by atoms with van der Waals surface area (Å²) >= 11 is 0. The molecular weight excluding hydrogens is 492 g/mol.